The summed E-state index contributed by atoms with van der Waals surface area (Å²) < 4.78 is 11.2. The molecule has 2 rings (SSSR count). The Labute approximate surface area is 148 Å². The van der Waals surface area contributed by atoms with Gasteiger partial charge in [0.2, 0.25) is 0 Å². The minimum Gasteiger partial charge on any atom is -0.490 e. The molecule has 0 saturated heterocycles. The van der Waals surface area contributed by atoms with E-state index in [9.17, 15) is 0 Å². The summed E-state index contributed by atoms with van der Waals surface area (Å²) >= 11 is 6.33. The van der Waals surface area contributed by atoms with Gasteiger partial charge in [0.1, 0.15) is 6.61 Å². The second kappa shape index (κ2) is 8.55. The molecule has 24 heavy (non-hydrogen) atoms. The predicted molar refractivity (Wildman–Crippen MR) is 101 cm³/mol. The van der Waals surface area contributed by atoms with E-state index in [1.165, 1.54) is 11.1 Å². The van der Waals surface area contributed by atoms with Crippen molar-refractivity contribution in [3.8, 4) is 11.5 Å². The largest absolute Gasteiger partial charge is 0.490 e. The summed E-state index contributed by atoms with van der Waals surface area (Å²) in [6.07, 6.45) is 3.44. The van der Waals surface area contributed by atoms with Crippen LogP contribution < -0.4 is 9.47 Å². The highest BCUT2D eigenvalue weighted by molar-refractivity contribution is 6.32. The summed E-state index contributed by atoms with van der Waals surface area (Å²) in [5, 5.41) is 0.490. The monoisotopic (exact) mass is 343 g/mol. The van der Waals surface area contributed by atoms with Crippen LogP contribution in [0.1, 0.15) is 23.6 Å². The molecule has 0 aliphatic heterocycles. The normalized spacial score (nSPS) is 10.8. The highest BCUT2D eigenvalue weighted by atomic mass is 35.5. The number of ether oxygens (including phenoxy) is 2. The smallest absolute Gasteiger partial charge is 0.180 e. The van der Waals surface area contributed by atoms with Crippen molar-refractivity contribution in [2.45, 2.75) is 20.8 Å². The van der Waals surface area contributed by atoms with Crippen LogP contribution in [-0.2, 0) is 0 Å². The van der Waals surface area contributed by atoms with Crippen LogP contribution in [-0.4, -0.2) is 19.4 Å². The van der Waals surface area contributed by atoms with Gasteiger partial charge in [-0.15, -0.1) is 0 Å². The van der Waals surface area contributed by atoms with Gasteiger partial charge in [-0.2, -0.15) is 0 Å². The molecule has 0 heterocycles. The number of nitrogens with zero attached hydrogens (tertiary/aromatic N) is 1. The van der Waals surface area contributed by atoms with Crippen LogP contribution in [0.2, 0.25) is 5.02 Å². The molecule has 0 spiro atoms. The van der Waals surface area contributed by atoms with Gasteiger partial charge in [-0.25, -0.2) is 0 Å². The molecule has 0 fully saturated rings. The third-order valence-electron chi connectivity index (χ3n) is 3.53. The van der Waals surface area contributed by atoms with Gasteiger partial charge in [0.15, 0.2) is 11.5 Å². The summed E-state index contributed by atoms with van der Waals surface area (Å²) in [5.74, 6) is 1.13. The summed E-state index contributed by atoms with van der Waals surface area (Å²) in [7, 11) is 0. The molecule has 126 valence electrons. The molecule has 0 N–H and O–H groups in total. The van der Waals surface area contributed by atoms with Crippen LogP contribution in [0, 0.1) is 13.8 Å². The van der Waals surface area contributed by atoms with Crippen LogP contribution in [0.4, 0.5) is 5.69 Å². The number of aliphatic imine (C=N–C) groups is 1. The molecule has 0 atom stereocenters. The first kappa shape index (κ1) is 18.1. The predicted octanol–water partition coefficient (Wildman–Crippen LogP) is 5.67. The standard InChI is InChI=1S/C20H22ClNO2/c1-5-9-24-20-18(21)11-16(12-19(20)23-6-2)13-22-17-8-7-14(3)15(4)10-17/h5,7-8,10-13H,1,6,9H2,2-4H3. The van der Waals surface area contributed by atoms with E-state index in [2.05, 4.69) is 37.6 Å². The summed E-state index contributed by atoms with van der Waals surface area (Å²) in [6.45, 7) is 10.6. The zero-order chi connectivity index (χ0) is 17.5. The van der Waals surface area contributed by atoms with Crippen LogP contribution in [0.15, 0.2) is 48.0 Å². The first-order chi connectivity index (χ1) is 11.5. The second-order valence-electron chi connectivity index (χ2n) is 5.39. The van der Waals surface area contributed by atoms with Crippen molar-refractivity contribution in [2.75, 3.05) is 13.2 Å². The maximum Gasteiger partial charge on any atom is 0.180 e. The molecule has 0 aromatic heterocycles. The zero-order valence-corrected chi connectivity index (χ0v) is 15.1. The second-order valence-corrected chi connectivity index (χ2v) is 5.80. The Hall–Kier alpha value is -2.26. The van der Waals surface area contributed by atoms with Gasteiger partial charge >= 0.3 is 0 Å². The van der Waals surface area contributed by atoms with Crippen LogP contribution in [0.3, 0.4) is 0 Å². The van der Waals surface area contributed by atoms with Gasteiger partial charge in [0.25, 0.3) is 0 Å². The molecule has 0 aliphatic rings. The van der Waals surface area contributed by atoms with E-state index in [-0.39, 0.29) is 0 Å². The quantitative estimate of drug-likeness (QED) is 0.479. The number of benzene rings is 2. The number of hydrogen-bond donors (Lipinski definition) is 0. The Bertz CT molecular complexity index is 754. The van der Waals surface area contributed by atoms with Crippen molar-refractivity contribution in [1.82, 2.24) is 0 Å². The molecule has 3 nitrogen and oxygen atoms in total. The lowest BCUT2D eigenvalue weighted by atomic mass is 10.1. The Morgan fingerprint density at radius 2 is 1.92 bits per heavy atom. The lowest BCUT2D eigenvalue weighted by Crippen LogP contribution is -2.00. The molecule has 4 heteroatoms. The van der Waals surface area contributed by atoms with Gasteiger partial charge < -0.3 is 9.47 Å². The molecule has 0 radical (unpaired) electrons. The van der Waals surface area contributed by atoms with Crippen molar-refractivity contribution in [2.24, 2.45) is 4.99 Å². The Kier molecular flexibility index (Phi) is 6.44. The average molecular weight is 344 g/mol. The lowest BCUT2D eigenvalue weighted by molar-refractivity contribution is 0.297. The molecule has 0 bridgehead atoms. The Balaban J connectivity index is 2.30. The third-order valence-corrected chi connectivity index (χ3v) is 3.81. The average Bonchev–Trinajstić information content (AvgIpc) is 2.55. The third kappa shape index (κ3) is 4.62. The number of aryl methyl sites for hydroxylation is 2. The van der Waals surface area contributed by atoms with Crippen molar-refractivity contribution in [1.29, 1.82) is 0 Å². The Morgan fingerprint density at radius 3 is 2.58 bits per heavy atom. The van der Waals surface area contributed by atoms with Crippen LogP contribution in [0.25, 0.3) is 0 Å². The molecule has 0 saturated carbocycles. The molecular formula is C20H22ClNO2. The van der Waals surface area contributed by atoms with Crippen LogP contribution >= 0.6 is 11.6 Å². The van der Waals surface area contributed by atoms with E-state index in [0.717, 1.165) is 11.3 Å². The molecular weight excluding hydrogens is 322 g/mol. The summed E-state index contributed by atoms with van der Waals surface area (Å²) in [5.41, 5.74) is 4.22. The number of halogens is 1. The maximum absolute atomic E-state index is 6.33. The molecule has 2 aromatic rings. The van der Waals surface area contributed by atoms with E-state index < -0.39 is 0 Å². The summed E-state index contributed by atoms with van der Waals surface area (Å²) in [6, 6.07) is 9.79. The van der Waals surface area contributed by atoms with Gasteiger partial charge in [-0.3, -0.25) is 4.99 Å². The van der Waals surface area contributed by atoms with E-state index in [4.69, 9.17) is 21.1 Å². The number of rotatable bonds is 7. The molecule has 2 aromatic carbocycles. The van der Waals surface area contributed by atoms with Crippen LogP contribution in [0.5, 0.6) is 11.5 Å². The minimum atomic E-state index is 0.371. The van der Waals surface area contributed by atoms with E-state index in [0.29, 0.717) is 29.7 Å². The minimum absolute atomic E-state index is 0.371. The van der Waals surface area contributed by atoms with Gasteiger partial charge in [0.05, 0.1) is 17.3 Å². The molecule has 0 unspecified atom stereocenters. The topological polar surface area (TPSA) is 30.8 Å². The molecule has 0 aliphatic carbocycles. The fraction of sp³-hybridized carbons (Fsp3) is 0.250. The maximum atomic E-state index is 6.33. The van der Waals surface area contributed by atoms with Crippen molar-refractivity contribution >= 4 is 23.5 Å². The van der Waals surface area contributed by atoms with Gasteiger partial charge in [-0.05, 0) is 61.7 Å². The number of hydrogen-bond acceptors (Lipinski definition) is 3. The highest BCUT2D eigenvalue weighted by Crippen LogP contribution is 2.36. The Morgan fingerprint density at radius 1 is 1.12 bits per heavy atom. The zero-order valence-electron chi connectivity index (χ0n) is 14.3. The lowest BCUT2D eigenvalue weighted by Gasteiger charge is -2.13. The van der Waals surface area contributed by atoms with E-state index >= 15 is 0 Å². The SMILES string of the molecule is C=CCOc1c(Cl)cc(C=Nc2ccc(C)c(C)c2)cc1OCC. The fourth-order valence-electron chi connectivity index (χ4n) is 2.16. The fourth-order valence-corrected chi connectivity index (χ4v) is 2.44. The van der Waals surface area contributed by atoms with Crippen molar-refractivity contribution < 1.29 is 9.47 Å². The molecule has 0 amide bonds. The van der Waals surface area contributed by atoms with E-state index in [1.807, 2.05) is 25.1 Å². The van der Waals surface area contributed by atoms with Gasteiger partial charge in [0, 0.05) is 6.21 Å². The van der Waals surface area contributed by atoms with Gasteiger partial charge in [-0.1, -0.05) is 30.3 Å². The highest BCUT2D eigenvalue weighted by Gasteiger charge is 2.11. The first-order valence-corrected chi connectivity index (χ1v) is 8.24. The first-order valence-electron chi connectivity index (χ1n) is 7.86. The van der Waals surface area contributed by atoms with Crippen molar-refractivity contribution in [3.05, 3.63) is 64.7 Å². The summed E-state index contributed by atoms with van der Waals surface area (Å²) in [4.78, 5) is 4.52. The van der Waals surface area contributed by atoms with E-state index in [1.54, 1.807) is 12.3 Å². The van der Waals surface area contributed by atoms with Crippen molar-refractivity contribution in [3.63, 3.8) is 0 Å².